The van der Waals surface area contributed by atoms with Crippen molar-refractivity contribution in [3.8, 4) is 17.2 Å². The molecule has 35 heavy (non-hydrogen) atoms. The van der Waals surface area contributed by atoms with Crippen molar-refractivity contribution in [3.63, 3.8) is 0 Å². The molecule has 5 atom stereocenters. The third-order valence-corrected chi connectivity index (χ3v) is 6.98. The van der Waals surface area contributed by atoms with E-state index in [2.05, 4.69) is 19.2 Å². The van der Waals surface area contributed by atoms with Crippen LogP contribution in [0.3, 0.4) is 0 Å². The molecule has 2 aromatic carbocycles. The number of carbonyl (C=O) groups is 1. The highest BCUT2D eigenvalue weighted by molar-refractivity contribution is 5.79. The molecule has 188 valence electrons. The Hall–Kier alpha value is -2.81. The highest BCUT2D eigenvalue weighted by Gasteiger charge is 2.63. The first-order valence-electron chi connectivity index (χ1n) is 12.2. The summed E-state index contributed by atoms with van der Waals surface area (Å²) < 4.78 is 23.1. The molecule has 2 aliphatic heterocycles. The van der Waals surface area contributed by atoms with Gasteiger partial charge in [0, 0.05) is 23.6 Å². The topological polar surface area (TPSA) is 106 Å². The molecule has 2 heterocycles. The lowest BCUT2D eigenvalue weighted by molar-refractivity contribution is -0.139. The lowest BCUT2D eigenvalue weighted by Crippen LogP contribution is -2.46. The summed E-state index contributed by atoms with van der Waals surface area (Å²) in [7, 11) is 0. The highest BCUT2D eigenvalue weighted by atomic mass is 16.6. The van der Waals surface area contributed by atoms with Crippen molar-refractivity contribution in [2.45, 2.75) is 57.0 Å². The summed E-state index contributed by atoms with van der Waals surface area (Å²) in [5, 5.41) is 23.4. The normalized spacial score (nSPS) is 23.6. The predicted molar refractivity (Wildman–Crippen MR) is 128 cm³/mol. The molecule has 2 aromatic rings. The zero-order valence-electron chi connectivity index (χ0n) is 20.3. The van der Waals surface area contributed by atoms with Crippen molar-refractivity contribution in [2.75, 3.05) is 26.4 Å². The van der Waals surface area contributed by atoms with E-state index in [-0.39, 0.29) is 30.3 Å². The molecule has 1 saturated carbocycles. The molecule has 0 bridgehead atoms. The molecular formula is C27H33NO7. The first-order chi connectivity index (χ1) is 16.7. The van der Waals surface area contributed by atoms with Gasteiger partial charge in [-0.15, -0.1) is 0 Å². The van der Waals surface area contributed by atoms with Crippen LogP contribution >= 0.6 is 0 Å². The molecule has 1 aliphatic carbocycles. The van der Waals surface area contributed by atoms with E-state index in [4.69, 9.17) is 18.9 Å². The molecule has 1 unspecified atom stereocenters. The minimum Gasteiger partial charge on any atom is -0.489 e. The molecule has 8 heteroatoms. The molecule has 0 aromatic heterocycles. The summed E-state index contributed by atoms with van der Waals surface area (Å²) in [6.45, 7) is 7.79. The monoisotopic (exact) mass is 483 g/mol. The quantitative estimate of drug-likeness (QED) is 0.474. The first kappa shape index (κ1) is 23.9. The number of rotatable bonds is 10. The second-order valence-corrected chi connectivity index (χ2v) is 10.3. The van der Waals surface area contributed by atoms with Crippen molar-refractivity contribution < 1.29 is 34.0 Å². The number of β-amino-alcohol motifs (C(OH)–C–C–N with tert-alkyl or cyclic N) is 1. The molecule has 3 aliphatic rings. The van der Waals surface area contributed by atoms with Gasteiger partial charge in [-0.3, -0.25) is 4.79 Å². The van der Waals surface area contributed by atoms with E-state index in [1.807, 2.05) is 43.3 Å². The first-order valence-corrected chi connectivity index (χ1v) is 12.2. The Kier molecular flexibility index (Phi) is 6.38. The number of ether oxygens (including phenoxy) is 4. The molecule has 3 N–H and O–H groups in total. The minimum atomic E-state index is -0.825. The molecule has 0 saturated heterocycles. The molecule has 8 nitrogen and oxygen atoms in total. The van der Waals surface area contributed by atoms with Gasteiger partial charge in [0.1, 0.15) is 31.0 Å². The van der Waals surface area contributed by atoms with E-state index in [0.29, 0.717) is 19.8 Å². The third kappa shape index (κ3) is 4.96. The van der Waals surface area contributed by atoms with Crippen molar-refractivity contribution in [3.05, 3.63) is 53.1 Å². The summed E-state index contributed by atoms with van der Waals surface area (Å²) in [5.41, 5.74) is 2.74. The Labute approximate surface area is 205 Å². The number of hydrogen-bond donors (Lipinski definition) is 3. The van der Waals surface area contributed by atoms with Gasteiger partial charge in [0.25, 0.3) is 0 Å². The maximum absolute atomic E-state index is 11.4. The van der Waals surface area contributed by atoms with Gasteiger partial charge in [0.15, 0.2) is 11.5 Å². The van der Waals surface area contributed by atoms with Gasteiger partial charge < -0.3 is 34.5 Å². The molecule has 5 rings (SSSR count). The maximum Gasteiger partial charge on any atom is 0.311 e. The van der Waals surface area contributed by atoms with Crippen molar-refractivity contribution in [1.82, 2.24) is 5.32 Å². The number of aliphatic carboxylic acids is 1. The Morgan fingerprint density at radius 2 is 1.94 bits per heavy atom. The Morgan fingerprint density at radius 3 is 2.71 bits per heavy atom. The summed E-state index contributed by atoms with van der Waals surface area (Å²) in [6.07, 6.45) is -0.493. The van der Waals surface area contributed by atoms with E-state index in [0.717, 1.165) is 40.4 Å². The van der Waals surface area contributed by atoms with Crippen molar-refractivity contribution in [1.29, 1.82) is 0 Å². The van der Waals surface area contributed by atoms with Gasteiger partial charge in [0.05, 0.1) is 18.8 Å². The number of nitrogens with one attached hydrogen (secondary N) is 1. The number of fused-ring (bicyclic) bond motifs is 4. The standard InChI is InChI=1S/C27H33NO7/c1-15(18-5-4-6-20-22(18)23-24(26(30)31)25(23)35-20)34-14-17(29)13-28-27(2,3)12-16-7-8-19-21(11-16)33-10-9-32-19/h4-8,11,15,17,23-25,28-29H,9-10,12-14H2,1-3H3,(H,30,31)/t15-,17?,23+,24+,25+/m1/s1. The fourth-order valence-electron chi connectivity index (χ4n) is 5.16. The van der Waals surface area contributed by atoms with E-state index in [1.54, 1.807) is 0 Å². The fourth-order valence-corrected chi connectivity index (χ4v) is 5.16. The SMILES string of the molecule is C[C@@H](OCC(O)CNC(C)(C)Cc1ccc2c(c1)OCCO2)c1cccc2c1[C@@H]1[C@H](O2)[C@H]1C(=O)O. The second-order valence-electron chi connectivity index (χ2n) is 10.3. The van der Waals surface area contributed by atoms with E-state index in [9.17, 15) is 15.0 Å². The van der Waals surface area contributed by atoms with Crippen LogP contribution in [0.15, 0.2) is 36.4 Å². The van der Waals surface area contributed by atoms with Gasteiger partial charge in [-0.1, -0.05) is 18.2 Å². The summed E-state index contributed by atoms with van der Waals surface area (Å²) in [4.78, 5) is 11.4. The van der Waals surface area contributed by atoms with Crippen LogP contribution in [-0.4, -0.2) is 60.3 Å². The Morgan fingerprint density at radius 1 is 1.17 bits per heavy atom. The van der Waals surface area contributed by atoms with Crippen LogP contribution in [0.25, 0.3) is 0 Å². The van der Waals surface area contributed by atoms with Crippen LogP contribution in [0.1, 0.15) is 49.5 Å². The Bertz CT molecular complexity index is 1100. The second kappa shape index (κ2) is 9.33. The fraction of sp³-hybridized carbons (Fsp3) is 0.519. The van der Waals surface area contributed by atoms with Crippen LogP contribution in [0.5, 0.6) is 17.2 Å². The van der Waals surface area contributed by atoms with E-state index < -0.39 is 18.0 Å². The van der Waals surface area contributed by atoms with Crippen LogP contribution in [0, 0.1) is 5.92 Å². The number of carboxylic acid groups (broad SMARTS) is 1. The number of hydrogen-bond acceptors (Lipinski definition) is 7. The molecule has 0 radical (unpaired) electrons. The summed E-state index contributed by atoms with van der Waals surface area (Å²) in [5.74, 6) is 0.874. The number of benzene rings is 2. The minimum absolute atomic E-state index is 0.113. The Balaban J connectivity index is 1.12. The van der Waals surface area contributed by atoms with Gasteiger partial charge in [-0.2, -0.15) is 0 Å². The average Bonchev–Trinajstić information content (AvgIpc) is 3.42. The lowest BCUT2D eigenvalue weighted by atomic mass is 9.94. The van der Waals surface area contributed by atoms with Crippen molar-refractivity contribution >= 4 is 5.97 Å². The van der Waals surface area contributed by atoms with Crippen LogP contribution in [0.4, 0.5) is 0 Å². The number of aliphatic hydroxyl groups excluding tert-OH is 1. The van der Waals surface area contributed by atoms with E-state index >= 15 is 0 Å². The maximum atomic E-state index is 11.4. The number of carboxylic acids is 1. The van der Waals surface area contributed by atoms with Gasteiger partial charge >= 0.3 is 5.97 Å². The average molecular weight is 484 g/mol. The van der Waals surface area contributed by atoms with Gasteiger partial charge in [-0.05, 0) is 56.5 Å². The lowest BCUT2D eigenvalue weighted by Gasteiger charge is -2.29. The van der Waals surface area contributed by atoms with Crippen LogP contribution < -0.4 is 19.5 Å². The summed E-state index contributed by atoms with van der Waals surface area (Å²) >= 11 is 0. The predicted octanol–water partition coefficient (Wildman–Crippen LogP) is 3.07. The zero-order chi connectivity index (χ0) is 24.7. The summed E-state index contributed by atoms with van der Waals surface area (Å²) in [6, 6.07) is 11.7. The van der Waals surface area contributed by atoms with Crippen molar-refractivity contribution in [2.24, 2.45) is 5.92 Å². The molecule has 0 spiro atoms. The third-order valence-electron chi connectivity index (χ3n) is 6.98. The van der Waals surface area contributed by atoms with Gasteiger partial charge in [0.2, 0.25) is 0 Å². The zero-order valence-corrected chi connectivity index (χ0v) is 20.3. The molecule has 1 fully saturated rings. The van der Waals surface area contributed by atoms with E-state index in [1.165, 1.54) is 0 Å². The molecular weight excluding hydrogens is 450 g/mol. The molecule has 0 amide bonds. The van der Waals surface area contributed by atoms with Crippen LogP contribution in [0.2, 0.25) is 0 Å². The largest absolute Gasteiger partial charge is 0.489 e. The smallest absolute Gasteiger partial charge is 0.311 e. The van der Waals surface area contributed by atoms with Crippen LogP contribution in [-0.2, 0) is 16.0 Å². The van der Waals surface area contributed by atoms with Gasteiger partial charge in [-0.25, -0.2) is 0 Å². The number of aliphatic hydroxyl groups is 1. The highest BCUT2D eigenvalue weighted by Crippen LogP contribution is 2.60.